The number of fused-ring (bicyclic) bond motifs is 3. The number of hydrogen-bond acceptors (Lipinski definition) is 4. The van der Waals surface area contributed by atoms with Gasteiger partial charge in [-0.1, -0.05) is 44.9 Å². The third-order valence-corrected chi connectivity index (χ3v) is 8.08. The summed E-state index contributed by atoms with van der Waals surface area (Å²) in [4.78, 5) is 29.5. The van der Waals surface area contributed by atoms with Gasteiger partial charge in [0.15, 0.2) is 5.58 Å². The van der Waals surface area contributed by atoms with Gasteiger partial charge in [-0.2, -0.15) is 0 Å². The molecule has 0 bridgehead atoms. The number of methoxy groups -OCH3 is 1. The van der Waals surface area contributed by atoms with Crippen molar-refractivity contribution in [2.24, 2.45) is 11.8 Å². The lowest BCUT2D eigenvalue weighted by Gasteiger charge is -2.45. The number of amides is 2. The van der Waals surface area contributed by atoms with E-state index in [0.29, 0.717) is 35.4 Å². The molecule has 180 valence electrons. The average Bonchev–Trinajstić information content (AvgIpc) is 3.42. The van der Waals surface area contributed by atoms with E-state index in [1.54, 1.807) is 24.3 Å². The Morgan fingerprint density at radius 1 is 1.24 bits per heavy atom. The van der Waals surface area contributed by atoms with Crippen LogP contribution in [0.2, 0.25) is 0 Å². The summed E-state index contributed by atoms with van der Waals surface area (Å²) in [6.07, 6.45) is 4.88. The average molecular weight is 464 g/mol. The molecule has 1 saturated carbocycles. The molecule has 2 aliphatic rings. The predicted molar refractivity (Wildman–Crippen MR) is 130 cm³/mol. The van der Waals surface area contributed by atoms with Gasteiger partial charge in [0.25, 0.3) is 5.91 Å². The number of carbonyl (C=O) groups is 2. The van der Waals surface area contributed by atoms with Crippen molar-refractivity contribution in [2.45, 2.75) is 64.7 Å². The number of rotatable bonds is 5. The van der Waals surface area contributed by atoms with Crippen LogP contribution in [0.3, 0.4) is 0 Å². The van der Waals surface area contributed by atoms with Gasteiger partial charge in [-0.05, 0) is 31.2 Å². The SMILES string of the molecule is COc1ccccc1CN1C(=O)c2cc3occc3n2CC1(C)C(=O)NC1CCCC(C)C1C. The summed E-state index contributed by atoms with van der Waals surface area (Å²) in [6.45, 7) is 6.98. The second kappa shape index (κ2) is 8.53. The molecule has 1 fully saturated rings. The second-order valence-corrected chi connectivity index (χ2v) is 10.1. The van der Waals surface area contributed by atoms with E-state index < -0.39 is 5.54 Å². The van der Waals surface area contributed by atoms with Crippen molar-refractivity contribution in [3.05, 3.63) is 53.9 Å². The summed E-state index contributed by atoms with van der Waals surface area (Å²) in [5, 5.41) is 3.34. The molecule has 3 heterocycles. The van der Waals surface area contributed by atoms with Crippen LogP contribution in [-0.4, -0.2) is 40.0 Å². The van der Waals surface area contributed by atoms with E-state index in [-0.39, 0.29) is 24.4 Å². The van der Waals surface area contributed by atoms with Gasteiger partial charge in [-0.25, -0.2) is 0 Å². The first-order chi connectivity index (χ1) is 16.3. The minimum atomic E-state index is -1.07. The lowest BCUT2D eigenvalue weighted by atomic mass is 9.77. The van der Waals surface area contributed by atoms with E-state index in [2.05, 4.69) is 19.2 Å². The van der Waals surface area contributed by atoms with E-state index in [4.69, 9.17) is 9.15 Å². The number of carbonyl (C=O) groups excluding carboxylic acids is 2. The molecule has 34 heavy (non-hydrogen) atoms. The molecule has 1 N–H and O–H groups in total. The van der Waals surface area contributed by atoms with Gasteiger partial charge in [-0.15, -0.1) is 0 Å². The number of hydrogen-bond donors (Lipinski definition) is 1. The fraction of sp³-hybridized carbons (Fsp3) is 0.481. The fourth-order valence-electron chi connectivity index (χ4n) is 5.63. The van der Waals surface area contributed by atoms with Crippen molar-refractivity contribution in [2.75, 3.05) is 7.11 Å². The fourth-order valence-corrected chi connectivity index (χ4v) is 5.63. The zero-order valence-corrected chi connectivity index (χ0v) is 20.3. The molecular formula is C27H33N3O4. The van der Waals surface area contributed by atoms with E-state index in [0.717, 1.165) is 23.9 Å². The van der Waals surface area contributed by atoms with E-state index in [1.165, 1.54) is 6.42 Å². The van der Waals surface area contributed by atoms with Crippen LogP contribution >= 0.6 is 0 Å². The highest BCUT2D eigenvalue weighted by Crippen LogP contribution is 2.36. The first-order valence-corrected chi connectivity index (χ1v) is 12.1. The van der Waals surface area contributed by atoms with Crippen LogP contribution in [0.5, 0.6) is 5.75 Å². The van der Waals surface area contributed by atoms with Gasteiger partial charge in [0.2, 0.25) is 5.91 Å². The van der Waals surface area contributed by atoms with E-state index in [1.807, 2.05) is 41.8 Å². The number of furan rings is 1. The molecule has 2 aromatic heterocycles. The highest BCUT2D eigenvalue weighted by Gasteiger charge is 2.49. The van der Waals surface area contributed by atoms with Crippen LogP contribution in [0.1, 0.15) is 56.1 Å². The lowest BCUT2D eigenvalue weighted by molar-refractivity contribution is -0.134. The molecule has 1 aliphatic heterocycles. The van der Waals surface area contributed by atoms with Crippen molar-refractivity contribution in [1.82, 2.24) is 14.8 Å². The first-order valence-electron chi connectivity index (χ1n) is 12.1. The van der Waals surface area contributed by atoms with Crippen LogP contribution < -0.4 is 10.1 Å². The quantitative estimate of drug-likeness (QED) is 0.600. The highest BCUT2D eigenvalue weighted by molar-refractivity contribution is 6.03. The van der Waals surface area contributed by atoms with E-state index >= 15 is 0 Å². The molecule has 3 aromatic rings. The molecule has 1 aliphatic carbocycles. The number of ether oxygens (including phenoxy) is 1. The Kier molecular flexibility index (Phi) is 5.66. The summed E-state index contributed by atoms with van der Waals surface area (Å²) in [6, 6.07) is 11.4. The molecule has 1 aromatic carbocycles. The van der Waals surface area contributed by atoms with Crippen LogP contribution in [0.15, 0.2) is 47.1 Å². The summed E-state index contributed by atoms with van der Waals surface area (Å²) >= 11 is 0. The topological polar surface area (TPSA) is 76.7 Å². The standard InChI is InChI=1S/C27H33N3O4/c1-17-8-7-10-20(18(17)2)28-26(32)27(3)16-29-21-12-13-34-24(21)14-22(29)25(31)30(27)15-19-9-5-6-11-23(19)33-4/h5-6,9,11-14,17-18,20H,7-8,10,15-16H2,1-4H3,(H,28,32). The minimum absolute atomic E-state index is 0.108. The van der Waals surface area contributed by atoms with Crippen molar-refractivity contribution >= 4 is 22.9 Å². The maximum absolute atomic E-state index is 14.0. The smallest absolute Gasteiger partial charge is 0.271 e. The zero-order valence-electron chi connectivity index (χ0n) is 20.3. The Hall–Kier alpha value is -3.22. The second-order valence-electron chi connectivity index (χ2n) is 10.1. The molecule has 0 spiro atoms. The van der Waals surface area contributed by atoms with Crippen molar-refractivity contribution in [3.8, 4) is 5.75 Å². The largest absolute Gasteiger partial charge is 0.496 e. The zero-order chi connectivity index (χ0) is 24.0. The summed E-state index contributed by atoms with van der Waals surface area (Å²) in [5.74, 6) is 1.35. The van der Waals surface area contributed by atoms with Gasteiger partial charge < -0.3 is 23.9 Å². The molecule has 5 rings (SSSR count). The van der Waals surface area contributed by atoms with E-state index in [9.17, 15) is 9.59 Å². The van der Waals surface area contributed by atoms with Crippen molar-refractivity contribution in [1.29, 1.82) is 0 Å². The molecule has 4 unspecified atom stereocenters. The third-order valence-electron chi connectivity index (χ3n) is 8.08. The number of aromatic nitrogens is 1. The molecule has 7 heteroatoms. The van der Waals surface area contributed by atoms with Crippen molar-refractivity contribution < 1.29 is 18.7 Å². The van der Waals surface area contributed by atoms with Gasteiger partial charge in [0.1, 0.15) is 17.0 Å². The number of nitrogens with one attached hydrogen (secondary N) is 1. The molecule has 7 nitrogen and oxygen atoms in total. The van der Waals surface area contributed by atoms with Gasteiger partial charge in [0, 0.05) is 23.7 Å². The van der Waals surface area contributed by atoms with Crippen LogP contribution in [0, 0.1) is 11.8 Å². The number of nitrogens with zero attached hydrogens (tertiary/aromatic N) is 2. The summed E-state index contributed by atoms with van der Waals surface area (Å²) in [7, 11) is 1.62. The molecule has 0 saturated heterocycles. The van der Waals surface area contributed by atoms with Gasteiger partial charge in [0.05, 0.1) is 32.0 Å². The summed E-state index contributed by atoms with van der Waals surface area (Å²) in [5.41, 5.74) is 1.81. The Morgan fingerprint density at radius 3 is 2.82 bits per heavy atom. The van der Waals surface area contributed by atoms with Gasteiger partial charge in [-0.3, -0.25) is 9.59 Å². The van der Waals surface area contributed by atoms with Crippen molar-refractivity contribution in [3.63, 3.8) is 0 Å². The maximum Gasteiger partial charge on any atom is 0.271 e. The Labute approximate surface area is 200 Å². The normalized spacial score (nSPS) is 27.0. The summed E-state index contributed by atoms with van der Waals surface area (Å²) < 4.78 is 13.0. The van der Waals surface area contributed by atoms with Crippen LogP contribution in [0.25, 0.3) is 11.1 Å². The molecule has 0 radical (unpaired) electrons. The monoisotopic (exact) mass is 463 g/mol. The van der Waals surface area contributed by atoms with Gasteiger partial charge >= 0.3 is 0 Å². The Bertz CT molecular complexity index is 1230. The number of benzene rings is 1. The Balaban J connectivity index is 1.54. The Morgan fingerprint density at radius 2 is 2.03 bits per heavy atom. The first kappa shape index (κ1) is 22.6. The molecular weight excluding hydrogens is 430 g/mol. The van der Waals surface area contributed by atoms with Crippen LogP contribution in [0.4, 0.5) is 0 Å². The lowest BCUT2D eigenvalue weighted by Crippen LogP contribution is -2.65. The predicted octanol–water partition coefficient (Wildman–Crippen LogP) is 4.60. The third kappa shape index (κ3) is 3.58. The highest BCUT2D eigenvalue weighted by atomic mass is 16.5. The molecule has 2 amide bonds. The number of para-hydroxylation sites is 1. The maximum atomic E-state index is 14.0. The van der Waals surface area contributed by atoms with Crippen LogP contribution in [-0.2, 0) is 17.9 Å². The minimum Gasteiger partial charge on any atom is -0.496 e. The molecule has 4 atom stereocenters.